The molecule has 1 N–H and O–H groups in total. The summed E-state index contributed by atoms with van der Waals surface area (Å²) in [5, 5.41) is 4.02. The molecule has 9 heteroatoms. The number of aromatic nitrogens is 3. The molecule has 0 saturated heterocycles. The van der Waals surface area contributed by atoms with Crippen LogP contribution in [0.1, 0.15) is 5.82 Å². The van der Waals surface area contributed by atoms with E-state index in [1.807, 2.05) is 0 Å². The fourth-order valence-corrected chi connectivity index (χ4v) is 2.99. The molecule has 0 bridgehead atoms. The Morgan fingerprint density at radius 2 is 2.20 bits per heavy atom. The van der Waals surface area contributed by atoms with Crippen molar-refractivity contribution in [2.45, 2.75) is 11.3 Å². The van der Waals surface area contributed by atoms with E-state index in [1.165, 1.54) is 23.1 Å². The molecule has 0 spiro atoms. The number of aryl methyl sites for hydroxylation is 1. The van der Waals surface area contributed by atoms with E-state index in [2.05, 4.69) is 30.7 Å². The zero-order valence-electron chi connectivity index (χ0n) is 10.5. The average molecular weight is 363 g/mol. The average Bonchev–Trinajstić information content (AvgIpc) is 2.74. The molecule has 1 aromatic carbocycles. The third kappa shape index (κ3) is 3.62. The van der Waals surface area contributed by atoms with E-state index in [0.717, 1.165) is 6.07 Å². The van der Waals surface area contributed by atoms with Crippen molar-refractivity contribution >= 4 is 26.0 Å². The van der Waals surface area contributed by atoms with E-state index in [-0.39, 0.29) is 11.4 Å². The van der Waals surface area contributed by atoms with Gasteiger partial charge in [-0.05, 0) is 18.2 Å². The highest BCUT2D eigenvalue weighted by molar-refractivity contribution is 9.10. The first kappa shape index (κ1) is 15.1. The molecule has 0 radical (unpaired) electrons. The first-order valence-electron chi connectivity index (χ1n) is 5.68. The summed E-state index contributed by atoms with van der Waals surface area (Å²) in [6.07, 6.45) is 1.86. The van der Waals surface area contributed by atoms with Crippen LogP contribution in [0.5, 0.6) is 0 Å². The second-order valence-electron chi connectivity index (χ2n) is 4.06. The van der Waals surface area contributed by atoms with Crippen molar-refractivity contribution in [2.75, 3.05) is 6.54 Å². The van der Waals surface area contributed by atoms with E-state index >= 15 is 0 Å². The van der Waals surface area contributed by atoms with Crippen molar-refractivity contribution in [2.24, 2.45) is 7.05 Å². The number of benzene rings is 1. The molecule has 0 aliphatic rings. The first-order chi connectivity index (χ1) is 9.38. The lowest BCUT2D eigenvalue weighted by Crippen LogP contribution is -2.27. The molecule has 6 nitrogen and oxygen atoms in total. The van der Waals surface area contributed by atoms with Crippen LogP contribution in [0.2, 0.25) is 0 Å². The van der Waals surface area contributed by atoms with Gasteiger partial charge in [-0.25, -0.2) is 22.5 Å². The molecule has 0 unspecified atom stereocenters. The molecule has 2 rings (SSSR count). The van der Waals surface area contributed by atoms with Gasteiger partial charge in [0.2, 0.25) is 10.0 Å². The minimum atomic E-state index is -3.88. The van der Waals surface area contributed by atoms with Gasteiger partial charge >= 0.3 is 0 Å². The first-order valence-corrected chi connectivity index (χ1v) is 7.95. The Kier molecular flexibility index (Phi) is 4.51. The van der Waals surface area contributed by atoms with Crippen molar-refractivity contribution in [3.63, 3.8) is 0 Å². The van der Waals surface area contributed by atoms with Crippen LogP contribution in [0, 0.1) is 5.82 Å². The molecule has 1 heterocycles. The smallest absolute Gasteiger partial charge is 0.243 e. The van der Waals surface area contributed by atoms with Crippen molar-refractivity contribution < 1.29 is 12.8 Å². The van der Waals surface area contributed by atoms with Crippen LogP contribution in [0.15, 0.2) is 33.9 Å². The molecular weight excluding hydrogens is 351 g/mol. The zero-order valence-corrected chi connectivity index (χ0v) is 12.9. The van der Waals surface area contributed by atoms with Crippen LogP contribution in [-0.4, -0.2) is 29.7 Å². The molecule has 0 amide bonds. The van der Waals surface area contributed by atoms with Crippen molar-refractivity contribution in [3.8, 4) is 0 Å². The van der Waals surface area contributed by atoms with Crippen LogP contribution in [0.4, 0.5) is 4.39 Å². The summed E-state index contributed by atoms with van der Waals surface area (Å²) < 4.78 is 41.8. The second kappa shape index (κ2) is 5.98. The Labute approximate surface area is 124 Å². The van der Waals surface area contributed by atoms with Gasteiger partial charge in [-0.2, -0.15) is 5.10 Å². The number of nitrogens with zero attached hydrogens (tertiary/aromatic N) is 3. The summed E-state index contributed by atoms with van der Waals surface area (Å²) in [5.74, 6) is -0.283. The Bertz CT molecular complexity index is 717. The van der Waals surface area contributed by atoms with Gasteiger partial charge in [-0.15, -0.1) is 0 Å². The van der Waals surface area contributed by atoms with Gasteiger partial charge in [0.05, 0.1) is 0 Å². The third-order valence-corrected chi connectivity index (χ3v) is 4.46. The predicted octanol–water partition coefficient (Wildman–Crippen LogP) is 1.24. The maximum absolute atomic E-state index is 13.6. The lowest BCUT2D eigenvalue weighted by molar-refractivity contribution is 0.556. The molecule has 0 atom stereocenters. The van der Waals surface area contributed by atoms with Gasteiger partial charge in [0, 0.05) is 24.5 Å². The largest absolute Gasteiger partial charge is 0.256 e. The molecule has 0 aliphatic heterocycles. The van der Waals surface area contributed by atoms with Gasteiger partial charge in [-0.1, -0.05) is 15.9 Å². The number of sulfonamides is 1. The van der Waals surface area contributed by atoms with E-state index in [0.29, 0.717) is 16.7 Å². The van der Waals surface area contributed by atoms with Crippen LogP contribution < -0.4 is 4.72 Å². The molecule has 0 aliphatic carbocycles. The summed E-state index contributed by atoms with van der Waals surface area (Å²) in [6, 6.07) is 3.79. The maximum Gasteiger partial charge on any atom is 0.243 e. The lowest BCUT2D eigenvalue weighted by atomic mass is 10.3. The summed E-state index contributed by atoms with van der Waals surface area (Å²) in [7, 11) is -2.16. The predicted molar refractivity (Wildman–Crippen MR) is 74.0 cm³/mol. The quantitative estimate of drug-likeness (QED) is 0.867. The molecule has 20 heavy (non-hydrogen) atoms. The van der Waals surface area contributed by atoms with Gasteiger partial charge < -0.3 is 0 Å². The van der Waals surface area contributed by atoms with E-state index in [9.17, 15) is 12.8 Å². The Morgan fingerprint density at radius 3 is 2.80 bits per heavy atom. The summed E-state index contributed by atoms with van der Waals surface area (Å²) >= 11 is 3.07. The molecule has 2 aromatic rings. The van der Waals surface area contributed by atoms with E-state index < -0.39 is 15.8 Å². The van der Waals surface area contributed by atoms with Crippen molar-refractivity contribution in [1.29, 1.82) is 0 Å². The minimum absolute atomic E-state index is 0.0991. The number of rotatable bonds is 5. The second-order valence-corrected chi connectivity index (χ2v) is 6.71. The monoisotopic (exact) mass is 362 g/mol. The maximum atomic E-state index is 13.6. The van der Waals surface area contributed by atoms with E-state index in [4.69, 9.17) is 0 Å². The zero-order chi connectivity index (χ0) is 14.8. The number of hydrogen-bond acceptors (Lipinski definition) is 4. The van der Waals surface area contributed by atoms with Crippen molar-refractivity contribution in [3.05, 3.63) is 40.6 Å². The summed E-state index contributed by atoms with van der Waals surface area (Å²) in [5.41, 5.74) is 0. The topological polar surface area (TPSA) is 76.9 Å². The highest BCUT2D eigenvalue weighted by Crippen LogP contribution is 2.19. The summed E-state index contributed by atoms with van der Waals surface area (Å²) in [4.78, 5) is 3.59. The fraction of sp³-hybridized carbons (Fsp3) is 0.273. The Morgan fingerprint density at radius 1 is 1.45 bits per heavy atom. The van der Waals surface area contributed by atoms with Crippen molar-refractivity contribution in [1.82, 2.24) is 19.5 Å². The van der Waals surface area contributed by atoms with Crippen LogP contribution >= 0.6 is 15.9 Å². The fourth-order valence-electron chi connectivity index (χ4n) is 1.57. The van der Waals surface area contributed by atoms with E-state index in [1.54, 1.807) is 7.05 Å². The standard InChI is InChI=1S/C11H12BrFN4O2S/c1-17-7-14-11(16-17)4-5-15-20(18,19)10-3-2-8(12)6-9(10)13/h2-3,6-7,15H,4-5H2,1H3. The summed E-state index contributed by atoms with van der Waals surface area (Å²) in [6.45, 7) is 0.0991. The molecule has 1 aromatic heterocycles. The third-order valence-electron chi connectivity index (χ3n) is 2.47. The van der Waals surface area contributed by atoms with Gasteiger partial charge in [-0.3, -0.25) is 4.68 Å². The van der Waals surface area contributed by atoms with Crippen LogP contribution in [0.3, 0.4) is 0 Å². The SMILES string of the molecule is Cn1cnc(CCNS(=O)(=O)c2ccc(Br)cc2F)n1. The van der Waals surface area contributed by atoms with Gasteiger partial charge in [0.15, 0.2) is 5.82 Å². The van der Waals surface area contributed by atoms with Crippen LogP contribution in [0.25, 0.3) is 0 Å². The molecule has 0 saturated carbocycles. The Hall–Kier alpha value is -1.32. The highest BCUT2D eigenvalue weighted by Gasteiger charge is 2.18. The van der Waals surface area contributed by atoms with Crippen LogP contribution in [-0.2, 0) is 23.5 Å². The molecule has 108 valence electrons. The lowest BCUT2D eigenvalue weighted by Gasteiger charge is -2.07. The number of halogens is 2. The number of nitrogens with one attached hydrogen (secondary N) is 1. The number of hydrogen-bond donors (Lipinski definition) is 1. The molecular formula is C11H12BrFN4O2S. The molecule has 0 fully saturated rings. The Balaban J connectivity index is 2.04. The van der Waals surface area contributed by atoms with Gasteiger partial charge in [0.1, 0.15) is 17.0 Å². The normalized spacial score (nSPS) is 11.8. The minimum Gasteiger partial charge on any atom is -0.256 e. The highest BCUT2D eigenvalue weighted by atomic mass is 79.9. The van der Waals surface area contributed by atoms with Gasteiger partial charge in [0.25, 0.3) is 0 Å².